The highest BCUT2D eigenvalue weighted by atomic mass is 19.4. The van der Waals surface area contributed by atoms with Gasteiger partial charge in [-0.3, -0.25) is 23.9 Å². The summed E-state index contributed by atoms with van der Waals surface area (Å²) < 4.78 is 54.6. The van der Waals surface area contributed by atoms with Crippen LogP contribution in [0.25, 0.3) is 10.9 Å². The first-order valence-corrected chi connectivity index (χ1v) is 11.5. The van der Waals surface area contributed by atoms with Crippen LogP contribution in [-0.2, 0) is 19.1 Å². The van der Waals surface area contributed by atoms with Crippen molar-refractivity contribution >= 4 is 34.4 Å². The summed E-state index contributed by atoms with van der Waals surface area (Å²) in [7, 11) is 0. The number of benzene rings is 1. The topological polar surface area (TPSA) is 129 Å². The van der Waals surface area contributed by atoms with Gasteiger partial charge in [-0.15, -0.1) is 19.8 Å². The quantitative estimate of drug-likeness (QED) is 0.280. The number of hydrogen-bond acceptors (Lipinski definition) is 5. The third-order valence-electron chi connectivity index (χ3n) is 6.62. The SMILES string of the molecule is C=C[C@@H]1C[C@]1(NC(=O)c1cc2cc(F)ccc2[nH]1)C(=O)N[C@@H](C[C@@H]1CCNC1=O)C(=O)COC(F)(F)F. The van der Waals surface area contributed by atoms with Crippen LogP contribution in [0.3, 0.4) is 0 Å². The van der Waals surface area contributed by atoms with Crippen LogP contribution < -0.4 is 16.0 Å². The van der Waals surface area contributed by atoms with Gasteiger partial charge in [0.2, 0.25) is 11.8 Å². The molecule has 4 atom stereocenters. The monoisotopic (exact) mass is 524 g/mol. The van der Waals surface area contributed by atoms with Gasteiger partial charge in [0.1, 0.15) is 23.7 Å². The second-order valence-electron chi connectivity index (χ2n) is 9.13. The number of alkyl halides is 3. The van der Waals surface area contributed by atoms with E-state index in [0.717, 1.165) is 0 Å². The lowest BCUT2D eigenvalue weighted by Gasteiger charge is -2.24. The molecule has 4 N–H and O–H groups in total. The fraction of sp³-hybridized carbons (Fsp3) is 0.417. The molecular weight excluding hydrogens is 500 g/mol. The number of halogens is 4. The fourth-order valence-electron chi connectivity index (χ4n) is 4.50. The van der Waals surface area contributed by atoms with Gasteiger partial charge in [-0.05, 0) is 43.5 Å². The van der Waals surface area contributed by atoms with Crippen LogP contribution in [0.1, 0.15) is 29.8 Å². The van der Waals surface area contributed by atoms with Crippen molar-refractivity contribution in [2.45, 2.75) is 37.2 Å². The molecule has 1 aliphatic heterocycles. The van der Waals surface area contributed by atoms with Crippen LogP contribution in [0.4, 0.5) is 17.6 Å². The fourth-order valence-corrected chi connectivity index (χ4v) is 4.50. The van der Waals surface area contributed by atoms with Gasteiger partial charge < -0.3 is 20.9 Å². The molecule has 2 aliphatic rings. The lowest BCUT2D eigenvalue weighted by molar-refractivity contribution is -0.321. The van der Waals surface area contributed by atoms with Crippen molar-refractivity contribution in [3.8, 4) is 0 Å². The average molecular weight is 524 g/mol. The number of ketones is 1. The molecule has 2 heterocycles. The minimum atomic E-state index is -5.06. The molecule has 13 heteroatoms. The van der Waals surface area contributed by atoms with Crippen molar-refractivity contribution < 1.29 is 41.5 Å². The average Bonchev–Trinajstić information content (AvgIpc) is 3.14. The predicted octanol–water partition coefficient (Wildman–Crippen LogP) is 2.10. The minimum Gasteiger partial charge on any atom is -0.356 e. The molecule has 1 aromatic carbocycles. The number of H-pyrrole nitrogens is 1. The van der Waals surface area contributed by atoms with E-state index < -0.39 is 59.8 Å². The first kappa shape index (κ1) is 26.3. The Balaban J connectivity index is 1.51. The van der Waals surface area contributed by atoms with Gasteiger partial charge in [0, 0.05) is 29.3 Å². The highest BCUT2D eigenvalue weighted by Crippen LogP contribution is 2.45. The Hall–Kier alpha value is -3.74. The molecule has 2 fully saturated rings. The van der Waals surface area contributed by atoms with Crippen LogP contribution in [0.15, 0.2) is 36.9 Å². The summed E-state index contributed by atoms with van der Waals surface area (Å²) in [6.07, 6.45) is -3.37. The van der Waals surface area contributed by atoms with E-state index in [4.69, 9.17) is 0 Å². The van der Waals surface area contributed by atoms with Crippen LogP contribution in [-0.4, -0.2) is 59.6 Å². The molecule has 0 bridgehead atoms. The van der Waals surface area contributed by atoms with Crippen molar-refractivity contribution in [2.24, 2.45) is 11.8 Å². The normalized spacial score (nSPS) is 23.8. The van der Waals surface area contributed by atoms with E-state index in [0.29, 0.717) is 23.9 Å². The number of ether oxygens (including phenoxy) is 1. The zero-order valence-corrected chi connectivity index (χ0v) is 19.4. The third kappa shape index (κ3) is 5.82. The molecule has 1 aromatic heterocycles. The summed E-state index contributed by atoms with van der Waals surface area (Å²) in [5.74, 6) is -4.64. The molecule has 198 valence electrons. The van der Waals surface area contributed by atoms with Gasteiger partial charge in [-0.1, -0.05) is 6.08 Å². The van der Waals surface area contributed by atoms with Crippen molar-refractivity contribution in [3.63, 3.8) is 0 Å². The Kier molecular flexibility index (Phi) is 7.09. The van der Waals surface area contributed by atoms with Crippen LogP contribution in [0, 0.1) is 17.7 Å². The van der Waals surface area contributed by atoms with Crippen molar-refractivity contribution in [1.29, 1.82) is 0 Å². The third-order valence-corrected chi connectivity index (χ3v) is 6.62. The molecule has 0 unspecified atom stereocenters. The van der Waals surface area contributed by atoms with E-state index in [2.05, 4.69) is 32.3 Å². The summed E-state index contributed by atoms with van der Waals surface area (Å²) in [6, 6.07) is 3.84. The molecule has 1 saturated heterocycles. The number of amides is 3. The maximum atomic E-state index is 13.5. The van der Waals surface area contributed by atoms with Gasteiger partial charge in [0.15, 0.2) is 5.78 Å². The summed E-state index contributed by atoms with van der Waals surface area (Å²) >= 11 is 0. The smallest absolute Gasteiger partial charge is 0.356 e. The lowest BCUT2D eigenvalue weighted by atomic mass is 9.95. The number of hydrogen-bond donors (Lipinski definition) is 4. The van der Waals surface area contributed by atoms with E-state index in [-0.39, 0.29) is 24.4 Å². The maximum absolute atomic E-state index is 13.5. The van der Waals surface area contributed by atoms with Gasteiger partial charge in [0.05, 0.1) is 6.04 Å². The molecule has 4 rings (SSSR count). The van der Waals surface area contributed by atoms with Crippen molar-refractivity contribution in [2.75, 3.05) is 13.2 Å². The Labute approximate surface area is 208 Å². The maximum Gasteiger partial charge on any atom is 0.522 e. The zero-order chi connectivity index (χ0) is 27.0. The first-order valence-electron chi connectivity index (χ1n) is 11.5. The molecule has 37 heavy (non-hydrogen) atoms. The number of carbonyl (C=O) groups excluding carboxylic acids is 4. The van der Waals surface area contributed by atoms with E-state index in [1.807, 2.05) is 0 Å². The largest absolute Gasteiger partial charge is 0.522 e. The molecule has 1 aliphatic carbocycles. The highest BCUT2D eigenvalue weighted by Gasteiger charge is 2.60. The van der Waals surface area contributed by atoms with E-state index >= 15 is 0 Å². The lowest BCUT2D eigenvalue weighted by Crippen LogP contribution is -2.55. The second kappa shape index (κ2) is 9.96. The molecule has 3 amide bonds. The highest BCUT2D eigenvalue weighted by molar-refractivity contribution is 6.04. The summed E-state index contributed by atoms with van der Waals surface area (Å²) in [6.45, 7) is 2.63. The number of fused-ring (bicyclic) bond motifs is 1. The Morgan fingerprint density at radius 3 is 2.65 bits per heavy atom. The first-order chi connectivity index (χ1) is 17.4. The number of rotatable bonds is 10. The number of aromatic nitrogens is 1. The second-order valence-corrected chi connectivity index (χ2v) is 9.13. The molecule has 1 saturated carbocycles. The summed E-state index contributed by atoms with van der Waals surface area (Å²) in [4.78, 5) is 53.7. The molecule has 0 radical (unpaired) electrons. The number of Topliss-reactive ketones (excluding diaryl/α,β-unsaturated/α-hetero) is 1. The standard InChI is InChI=1S/C24H24F4N4O5/c1-2-14-10-23(14,32-21(35)18-9-13-7-15(25)3-4-16(13)30-18)22(36)31-17(8-12-5-6-29-20(12)34)19(33)11-37-24(26,27)28/h2-4,7,9,12,14,17,30H,1,5-6,8,10-11H2,(H,29,34)(H,31,36)(H,32,35)/t12-,14+,17-,23+/m0/s1. The Morgan fingerprint density at radius 1 is 1.27 bits per heavy atom. The number of carbonyl (C=O) groups is 4. The molecule has 2 aromatic rings. The van der Waals surface area contributed by atoms with Crippen LogP contribution in [0.5, 0.6) is 0 Å². The Bertz CT molecular complexity index is 1260. The van der Waals surface area contributed by atoms with Crippen molar-refractivity contribution in [3.05, 3.63) is 48.4 Å². The van der Waals surface area contributed by atoms with Gasteiger partial charge >= 0.3 is 6.36 Å². The predicted molar refractivity (Wildman–Crippen MR) is 121 cm³/mol. The van der Waals surface area contributed by atoms with Crippen LogP contribution >= 0.6 is 0 Å². The van der Waals surface area contributed by atoms with Crippen LogP contribution in [0.2, 0.25) is 0 Å². The molecule has 0 spiro atoms. The van der Waals surface area contributed by atoms with Crippen molar-refractivity contribution in [1.82, 2.24) is 20.9 Å². The Morgan fingerprint density at radius 2 is 2.03 bits per heavy atom. The van der Waals surface area contributed by atoms with Gasteiger partial charge in [-0.2, -0.15) is 0 Å². The van der Waals surface area contributed by atoms with Gasteiger partial charge in [-0.25, -0.2) is 4.39 Å². The minimum absolute atomic E-state index is 0.0521. The van der Waals surface area contributed by atoms with E-state index in [1.54, 1.807) is 0 Å². The number of aromatic amines is 1. The van der Waals surface area contributed by atoms with Gasteiger partial charge in [0.25, 0.3) is 5.91 Å². The zero-order valence-electron chi connectivity index (χ0n) is 19.4. The molecule has 9 nitrogen and oxygen atoms in total. The van der Waals surface area contributed by atoms with E-state index in [9.17, 15) is 36.7 Å². The summed E-state index contributed by atoms with van der Waals surface area (Å²) in [5.41, 5.74) is -0.967. The number of nitrogens with one attached hydrogen (secondary N) is 4. The molecular formula is C24H24F4N4O5. The summed E-state index contributed by atoms with van der Waals surface area (Å²) in [5, 5.41) is 8.04. The van der Waals surface area contributed by atoms with E-state index in [1.165, 1.54) is 30.3 Å².